The lowest BCUT2D eigenvalue weighted by Crippen LogP contribution is -2.09. The third-order valence-electron chi connectivity index (χ3n) is 4.46. The van der Waals surface area contributed by atoms with E-state index in [1.54, 1.807) is 73.9 Å². The average Bonchev–Trinajstić information content (AvgIpc) is 3.04. The second-order valence-corrected chi connectivity index (χ2v) is 6.46. The molecule has 1 aliphatic rings. The van der Waals surface area contributed by atoms with Crippen molar-refractivity contribution in [3.05, 3.63) is 88.9 Å². The molecule has 0 bridgehead atoms. The summed E-state index contributed by atoms with van der Waals surface area (Å²) in [5.74, 6) is 0.700. The molecule has 0 unspecified atom stereocenters. The fourth-order valence-electron chi connectivity index (χ4n) is 3.06. The Morgan fingerprint density at radius 3 is 2.62 bits per heavy atom. The third-order valence-corrected chi connectivity index (χ3v) is 4.46. The van der Waals surface area contributed by atoms with Gasteiger partial charge in [0.1, 0.15) is 17.2 Å². The van der Waals surface area contributed by atoms with Crippen LogP contribution in [-0.4, -0.2) is 23.8 Å². The van der Waals surface area contributed by atoms with Crippen LogP contribution in [0.2, 0.25) is 0 Å². The van der Waals surface area contributed by atoms with E-state index >= 15 is 0 Å². The molecule has 2 aromatic carbocycles. The summed E-state index contributed by atoms with van der Waals surface area (Å²) in [7, 11) is 1.53. The Hall–Kier alpha value is -3.93. The van der Waals surface area contributed by atoms with Crippen LogP contribution >= 0.6 is 0 Å². The second-order valence-electron chi connectivity index (χ2n) is 6.46. The zero-order chi connectivity index (χ0) is 20.4. The molecule has 0 aliphatic carbocycles. The van der Waals surface area contributed by atoms with Gasteiger partial charge in [-0.3, -0.25) is 9.78 Å². The predicted molar refractivity (Wildman–Crippen MR) is 106 cm³/mol. The first-order valence-electron chi connectivity index (χ1n) is 8.90. The molecule has 1 aliphatic heterocycles. The minimum Gasteiger partial charge on any atom is -0.497 e. The number of hydrogen-bond donors (Lipinski definition) is 0. The summed E-state index contributed by atoms with van der Waals surface area (Å²) in [5, 5.41) is 0. The number of esters is 1. The van der Waals surface area contributed by atoms with Crippen LogP contribution in [0.15, 0.2) is 66.7 Å². The molecule has 0 amide bonds. The van der Waals surface area contributed by atoms with Crippen LogP contribution in [0.4, 0.5) is 0 Å². The van der Waals surface area contributed by atoms with Gasteiger partial charge in [-0.1, -0.05) is 6.07 Å². The van der Waals surface area contributed by atoms with E-state index in [-0.39, 0.29) is 11.5 Å². The maximum Gasteiger partial charge on any atom is 0.343 e. The summed E-state index contributed by atoms with van der Waals surface area (Å²) in [6.45, 7) is 1.78. The molecule has 0 saturated heterocycles. The molecule has 0 N–H and O–H groups in total. The van der Waals surface area contributed by atoms with Gasteiger partial charge in [0.15, 0.2) is 5.76 Å². The Labute approximate surface area is 167 Å². The number of hydrogen-bond acceptors (Lipinski definition) is 6. The van der Waals surface area contributed by atoms with Crippen LogP contribution in [0, 0.1) is 6.92 Å². The van der Waals surface area contributed by atoms with Gasteiger partial charge in [-0.15, -0.1) is 0 Å². The van der Waals surface area contributed by atoms with E-state index in [4.69, 9.17) is 14.2 Å². The summed E-state index contributed by atoms with van der Waals surface area (Å²) < 4.78 is 16.4. The summed E-state index contributed by atoms with van der Waals surface area (Å²) in [6, 6.07) is 13.4. The Morgan fingerprint density at radius 1 is 1.07 bits per heavy atom. The number of ketones is 1. The van der Waals surface area contributed by atoms with Gasteiger partial charge >= 0.3 is 5.97 Å². The highest BCUT2D eigenvalue weighted by Gasteiger charge is 2.30. The van der Waals surface area contributed by atoms with Crippen LogP contribution in [-0.2, 0) is 0 Å². The Balaban J connectivity index is 1.60. The molecule has 144 valence electrons. The SMILES string of the molecule is COc1cccc(C(=O)Oc2cc(C)c3c(c2)O/C(=C\c2ccncc2)C3=O)c1. The van der Waals surface area contributed by atoms with E-state index in [0.717, 1.165) is 5.56 Å². The van der Waals surface area contributed by atoms with Crippen molar-refractivity contribution in [2.24, 2.45) is 0 Å². The lowest BCUT2D eigenvalue weighted by molar-refractivity contribution is 0.0734. The number of pyridine rings is 1. The van der Waals surface area contributed by atoms with Crippen molar-refractivity contribution in [3.63, 3.8) is 0 Å². The molecule has 0 fully saturated rings. The molecule has 0 atom stereocenters. The maximum atomic E-state index is 12.7. The minimum atomic E-state index is -0.528. The summed E-state index contributed by atoms with van der Waals surface area (Å²) in [6.07, 6.45) is 4.94. The van der Waals surface area contributed by atoms with Gasteiger partial charge in [-0.05, 0) is 60.5 Å². The number of aryl methyl sites for hydroxylation is 1. The second kappa shape index (κ2) is 7.59. The fraction of sp³-hybridized carbons (Fsp3) is 0.0870. The van der Waals surface area contributed by atoms with E-state index in [0.29, 0.717) is 33.9 Å². The topological polar surface area (TPSA) is 74.7 Å². The van der Waals surface area contributed by atoms with Crippen LogP contribution in [0.25, 0.3) is 6.08 Å². The molecule has 3 aromatic rings. The van der Waals surface area contributed by atoms with E-state index < -0.39 is 5.97 Å². The van der Waals surface area contributed by atoms with Crippen molar-refractivity contribution in [1.82, 2.24) is 4.98 Å². The number of carbonyl (C=O) groups is 2. The number of fused-ring (bicyclic) bond motifs is 1. The van der Waals surface area contributed by atoms with E-state index in [1.807, 2.05) is 0 Å². The lowest BCUT2D eigenvalue weighted by atomic mass is 10.0. The van der Waals surface area contributed by atoms with Gasteiger partial charge in [0.2, 0.25) is 5.78 Å². The summed E-state index contributed by atoms with van der Waals surface area (Å²) >= 11 is 0. The van der Waals surface area contributed by atoms with Crippen molar-refractivity contribution >= 4 is 17.8 Å². The van der Waals surface area contributed by atoms with Crippen molar-refractivity contribution in [1.29, 1.82) is 0 Å². The van der Waals surface area contributed by atoms with E-state index in [1.165, 1.54) is 7.11 Å². The first-order chi connectivity index (χ1) is 14.0. The van der Waals surface area contributed by atoms with Gasteiger partial charge in [-0.25, -0.2) is 4.79 Å². The molecule has 0 radical (unpaired) electrons. The normalized spacial score (nSPS) is 13.7. The molecule has 0 spiro atoms. The zero-order valence-corrected chi connectivity index (χ0v) is 15.8. The Bertz CT molecular complexity index is 1140. The number of rotatable bonds is 4. The number of nitrogens with zero attached hydrogens (tertiary/aromatic N) is 1. The third kappa shape index (κ3) is 3.73. The first kappa shape index (κ1) is 18.4. The molecule has 6 nitrogen and oxygen atoms in total. The quantitative estimate of drug-likeness (QED) is 0.379. The van der Waals surface area contributed by atoms with Crippen LogP contribution in [0.3, 0.4) is 0 Å². The summed E-state index contributed by atoms with van der Waals surface area (Å²) in [4.78, 5) is 29.1. The number of ether oxygens (including phenoxy) is 3. The largest absolute Gasteiger partial charge is 0.497 e. The maximum absolute atomic E-state index is 12.7. The molecule has 0 saturated carbocycles. The van der Waals surface area contributed by atoms with Crippen LogP contribution in [0.1, 0.15) is 31.8 Å². The first-order valence-corrected chi connectivity index (χ1v) is 8.90. The molecule has 4 rings (SSSR count). The van der Waals surface area contributed by atoms with Crippen molar-refractivity contribution in [2.75, 3.05) is 7.11 Å². The minimum absolute atomic E-state index is 0.208. The number of methoxy groups -OCH3 is 1. The van der Waals surface area contributed by atoms with Crippen molar-refractivity contribution < 1.29 is 23.8 Å². The smallest absolute Gasteiger partial charge is 0.343 e. The number of allylic oxidation sites excluding steroid dienone is 1. The van der Waals surface area contributed by atoms with Crippen LogP contribution < -0.4 is 14.2 Å². The van der Waals surface area contributed by atoms with Crippen molar-refractivity contribution in [2.45, 2.75) is 6.92 Å². The van der Waals surface area contributed by atoms with Gasteiger partial charge in [0.05, 0.1) is 18.2 Å². The van der Waals surface area contributed by atoms with Gasteiger partial charge in [0, 0.05) is 18.5 Å². The molecule has 29 heavy (non-hydrogen) atoms. The number of Topliss-reactive ketones (excluding diaryl/α,β-unsaturated/α-hetero) is 1. The number of aromatic nitrogens is 1. The highest BCUT2D eigenvalue weighted by molar-refractivity contribution is 6.15. The monoisotopic (exact) mass is 387 g/mol. The Morgan fingerprint density at radius 2 is 1.86 bits per heavy atom. The molecular formula is C23H17NO5. The van der Waals surface area contributed by atoms with Gasteiger partial charge < -0.3 is 14.2 Å². The van der Waals surface area contributed by atoms with Gasteiger partial charge in [0.25, 0.3) is 0 Å². The lowest BCUT2D eigenvalue weighted by Gasteiger charge is -2.08. The molecule has 6 heteroatoms. The predicted octanol–water partition coefficient (Wildman–Crippen LogP) is 4.23. The molecular weight excluding hydrogens is 370 g/mol. The summed E-state index contributed by atoms with van der Waals surface area (Å²) in [5.41, 5.74) is 2.29. The highest BCUT2D eigenvalue weighted by atomic mass is 16.5. The fourth-order valence-corrected chi connectivity index (χ4v) is 3.06. The Kier molecular flexibility index (Phi) is 4.83. The van der Waals surface area contributed by atoms with Gasteiger partial charge in [-0.2, -0.15) is 0 Å². The average molecular weight is 387 g/mol. The number of carbonyl (C=O) groups excluding carboxylic acids is 2. The van der Waals surface area contributed by atoms with E-state index in [2.05, 4.69) is 4.98 Å². The zero-order valence-electron chi connectivity index (χ0n) is 15.8. The molecule has 2 heterocycles. The highest BCUT2D eigenvalue weighted by Crippen LogP contribution is 2.37. The van der Waals surface area contributed by atoms with E-state index in [9.17, 15) is 9.59 Å². The van der Waals surface area contributed by atoms with Crippen molar-refractivity contribution in [3.8, 4) is 17.2 Å². The number of benzene rings is 2. The standard InChI is InChI=1S/C23H17NO5/c1-14-10-18(28-23(26)16-4-3-5-17(12-16)27-2)13-19-21(14)22(25)20(29-19)11-15-6-8-24-9-7-15/h3-13H,1-2H3/b20-11-. The van der Waals surface area contributed by atoms with Crippen LogP contribution in [0.5, 0.6) is 17.2 Å². The molecule has 1 aromatic heterocycles.